The molecule has 2 atom stereocenters. The van der Waals surface area contributed by atoms with E-state index in [9.17, 15) is 9.90 Å². The molecular formula is C16H16ClNO3S. The lowest BCUT2D eigenvalue weighted by Gasteiger charge is -2.35. The molecule has 0 amide bonds. The van der Waals surface area contributed by atoms with Crippen LogP contribution in [-0.2, 0) is 16.1 Å². The van der Waals surface area contributed by atoms with E-state index in [0.29, 0.717) is 23.7 Å². The molecule has 0 spiro atoms. The molecule has 1 aliphatic rings. The second-order valence-electron chi connectivity index (χ2n) is 5.20. The van der Waals surface area contributed by atoms with Crippen LogP contribution in [0, 0.1) is 0 Å². The topological polar surface area (TPSA) is 49.8 Å². The zero-order chi connectivity index (χ0) is 15.7. The van der Waals surface area contributed by atoms with Gasteiger partial charge in [0.25, 0.3) is 0 Å². The molecule has 2 heterocycles. The molecule has 1 aromatic heterocycles. The van der Waals surface area contributed by atoms with E-state index < -0.39 is 12.1 Å². The van der Waals surface area contributed by atoms with Gasteiger partial charge in [0.1, 0.15) is 12.1 Å². The fraction of sp³-hybridized carbons (Fsp3) is 0.312. The number of methoxy groups -OCH3 is 1. The summed E-state index contributed by atoms with van der Waals surface area (Å²) in [7, 11) is 1.36. The minimum absolute atomic E-state index is 0.374. The van der Waals surface area contributed by atoms with Crippen LogP contribution in [0.5, 0.6) is 0 Å². The van der Waals surface area contributed by atoms with Crippen molar-refractivity contribution in [2.75, 3.05) is 13.7 Å². The molecule has 2 aromatic rings. The summed E-state index contributed by atoms with van der Waals surface area (Å²) < 4.78 is 4.96. The summed E-state index contributed by atoms with van der Waals surface area (Å²) in [5.41, 5.74) is 1.74. The Kier molecular flexibility index (Phi) is 4.49. The van der Waals surface area contributed by atoms with Gasteiger partial charge in [0.05, 0.1) is 7.11 Å². The van der Waals surface area contributed by atoms with Gasteiger partial charge in [-0.2, -0.15) is 0 Å². The van der Waals surface area contributed by atoms with Crippen molar-refractivity contribution < 1.29 is 14.6 Å². The highest BCUT2D eigenvalue weighted by molar-refractivity contribution is 7.10. The zero-order valence-corrected chi connectivity index (χ0v) is 13.6. The number of carbonyl (C=O) groups is 1. The third-order valence-electron chi connectivity index (χ3n) is 3.85. The van der Waals surface area contributed by atoms with E-state index in [1.807, 2.05) is 34.5 Å². The zero-order valence-electron chi connectivity index (χ0n) is 12.0. The van der Waals surface area contributed by atoms with E-state index in [4.69, 9.17) is 16.3 Å². The van der Waals surface area contributed by atoms with Gasteiger partial charge in [0.15, 0.2) is 0 Å². The monoisotopic (exact) mass is 337 g/mol. The number of fused-ring (bicyclic) bond motifs is 1. The van der Waals surface area contributed by atoms with Gasteiger partial charge in [-0.3, -0.25) is 4.90 Å². The third-order valence-corrected chi connectivity index (χ3v) is 5.26. The number of β-amino-alcohol motifs (C(OH)–C–C–N with tert-alkyl or cyclic N) is 1. The summed E-state index contributed by atoms with van der Waals surface area (Å²) in [6, 6.07) is 8.59. The molecule has 4 nitrogen and oxygen atoms in total. The van der Waals surface area contributed by atoms with Crippen molar-refractivity contribution in [2.24, 2.45) is 0 Å². The van der Waals surface area contributed by atoms with E-state index in [1.165, 1.54) is 7.11 Å². The maximum atomic E-state index is 12.3. The van der Waals surface area contributed by atoms with Crippen molar-refractivity contribution in [3.63, 3.8) is 0 Å². The predicted molar refractivity (Wildman–Crippen MR) is 85.9 cm³/mol. The Morgan fingerprint density at radius 1 is 1.45 bits per heavy atom. The summed E-state index contributed by atoms with van der Waals surface area (Å²) >= 11 is 7.80. The van der Waals surface area contributed by atoms with Crippen molar-refractivity contribution in [1.29, 1.82) is 0 Å². The average Bonchev–Trinajstić information content (AvgIpc) is 2.98. The van der Waals surface area contributed by atoms with Crippen molar-refractivity contribution in [3.8, 4) is 0 Å². The molecule has 1 aromatic carbocycles. The van der Waals surface area contributed by atoms with Crippen molar-refractivity contribution in [2.45, 2.75) is 18.7 Å². The van der Waals surface area contributed by atoms with Crippen molar-refractivity contribution >= 4 is 28.9 Å². The van der Waals surface area contributed by atoms with Crippen molar-refractivity contribution in [1.82, 2.24) is 4.90 Å². The van der Waals surface area contributed by atoms with E-state index in [0.717, 1.165) is 10.4 Å². The molecule has 116 valence electrons. The molecule has 1 aliphatic heterocycles. The van der Waals surface area contributed by atoms with Crippen LogP contribution < -0.4 is 0 Å². The van der Waals surface area contributed by atoms with Crippen LogP contribution in [0.3, 0.4) is 0 Å². The second-order valence-corrected chi connectivity index (χ2v) is 6.56. The summed E-state index contributed by atoms with van der Waals surface area (Å²) in [6.45, 7) is 0.958. The van der Waals surface area contributed by atoms with Gasteiger partial charge < -0.3 is 9.84 Å². The number of esters is 1. The van der Waals surface area contributed by atoms with Gasteiger partial charge in [0.2, 0.25) is 0 Å². The van der Waals surface area contributed by atoms with Crippen LogP contribution in [0.15, 0.2) is 35.7 Å². The largest absolute Gasteiger partial charge is 0.468 e. The number of rotatable bonds is 3. The average molecular weight is 338 g/mol. The Morgan fingerprint density at radius 2 is 2.23 bits per heavy atom. The lowest BCUT2D eigenvalue weighted by atomic mass is 10.00. The molecule has 0 aliphatic carbocycles. The van der Waals surface area contributed by atoms with Crippen LogP contribution in [0.2, 0.25) is 5.02 Å². The van der Waals surface area contributed by atoms with Gasteiger partial charge in [-0.15, -0.1) is 11.3 Å². The van der Waals surface area contributed by atoms with Crippen molar-refractivity contribution in [3.05, 3.63) is 56.7 Å². The number of aliphatic hydroxyl groups excluding tert-OH is 1. The Bertz CT molecular complexity index is 688. The second kappa shape index (κ2) is 6.38. The Hall–Kier alpha value is -1.40. The highest BCUT2D eigenvalue weighted by Gasteiger charge is 2.35. The number of nitrogens with zero attached hydrogens (tertiary/aromatic N) is 1. The number of hydrogen-bond donors (Lipinski definition) is 1. The maximum Gasteiger partial charge on any atom is 0.327 e. The third kappa shape index (κ3) is 2.77. The van der Waals surface area contributed by atoms with Crippen LogP contribution in [0.4, 0.5) is 0 Å². The fourth-order valence-corrected chi connectivity index (χ4v) is 3.97. The van der Waals surface area contributed by atoms with Gasteiger partial charge in [-0.25, -0.2) is 4.79 Å². The quantitative estimate of drug-likeness (QED) is 0.874. The number of carbonyl (C=O) groups excluding carboxylic acids is 1. The number of aliphatic hydroxyl groups is 1. The number of ether oxygens (including phenoxy) is 1. The highest BCUT2D eigenvalue weighted by atomic mass is 35.5. The molecule has 0 saturated carbocycles. The minimum Gasteiger partial charge on any atom is -0.468 e. The lowest BCUT2D eigenvalue weighted by Crippen LogP contribution is -2.40. The molecular weight excluding hydrogens is 322 g/mol. The van der Waals surface area contributed by atoms with Gasteiger partial charge in [-0.1, -0.05) is 29.8 Å². The molecule has 1 N–H and O–H groups in total. The van der Waals surface area contributed by atoms with Crippen LogP contribution in [-0.4, -0.2) is 29.6 Å². The molecule has 6 heteroatoms. The normalized spacial score (nSPS) is 19.5. The molecule has 0 fully saturated rings. The summed E-state index contributed by atoms with van der Waals surface area (Å²) in [6.07, 6.45) is -0.599. The summed E-state index contributed by atoms with van der Waals surface area (Å²) in [5, 5.41) is 12.8. The SMILES string of the molecule is COC(=O)C(c1ccccc1Cl)N1Cc2ccsc2[C@@H](O)C1. The molecule has 0 saturated heterocycles. The predicted octanol–water partition coefficient (Wildman–Crippen LogP) is 3.16. The van der Waals surface area contributed by atoms with E-state index in [1.54, 1.807) is 17.4 Å². The van der Waals surface area contributed by atoms with Crippen LogP contribution >= 0.6 is 22.9 Å². The lowest BCUT2D eigenvalue weighted by molar-refractivity contribution is -0.148. The van der Waals surface area contributed by atoms with Gasteiger partial charge >= 0.3 is 5.97 Å². The molecule has 0 bridgehead atoms. The Balaban J connectivity index is 1.98. The highest BCUT2D eigenvalue weighted by Crippen LogP contribution is 2.37. The van der Waals surface area contributed by atoms with E-state index in [-0.39, 0.29) is 5.97 Å². The maximum absolute atomic E-state index is 12.3. The number of thiophene rings is 1. The number of benzene rings is 1. The Morgan fingerprint density at radius 3 is 2.95 bits per heavy atom. The minimum atomic E-state index is -0.624. The summed E-state index contributed by atoms with van der Waals surface area (Å²) in [4.78, 5) is 15.2. The molecule has 0 radical (unpaired) electrons. The molecule has 22 heavy (non-hydrogen) atoms. The summed E-state index contributed by atoms with van der Waals surface area (Å²) in [5.74, 6) is -0.376. The van der Waals surface area contributed by atoms with E-state index >= 15 is 0 Å². The first-order valence-corrected chi connectivity index (χ1v) is 8.18. The van der Waals surface area contributed by atoms with Gasteiger partial charge in [-0.05, 0) is 28.6 Å². The first-order chi connectivity index (χ1) is 10.6. The molecule has 1 unspecified atom stereocenters. The number of halogens is 1. The molecule has 3 rings (SSSR count). The number of hydrogen-bond acceptors (Lipinski definition) is 5. The smallest absolute Gasteiger partial charge is 0.327 e. The standard InChI is InChI=1S/C16H16ClNO3S/c1-21-16(20)14(11-4-2-3-5-12(11)17)18-8-10-6-7-22-15(10)13(19)9-18/h2-7,13-14,19H,8-9H2,1H3/t13-,14?/m0/s1. The van der Waals surface area contributed by atoms with E-state index in [2.05, 4.69) is 0 Å². The Labute approximate surface area is 137 Å². The van der Waals surface area contributed by atoms with Gasteiger partial charge in [0, 0.05) is 23.0 Å². The first-order valence-electron chi connectivity index (χ1n) is 6.92. The fourth-order valence-electron chi connectivity index (χ4n) is 2.84. The van der Waals surface area contributed by atoms with Crippen LogP contribution in [0.1, 0.15) is 28.1 Å². The first kappa shape index (κ1) is 15.5. The van der Waals surface area contributed by atoms with Crippen LogP contribution in [0.25, 0.3) is 0 Å².